The van der Waals surface area contributed by atoms with E-state index in [9.17, 15) is 14.4 Å². The molecule has 0 saturated heterocycles. The molecule has 27 heavy (non-hydrogen) atoms. The van der Waals surface area contributed by atoms with Crippen LogP contribution in [0.4, 0.5) is 11.4 Å². The predicted octanol–water partition coefficient (Wildman–Crippen LogP) is 3.86. The second-order valence-electron chi connectivity index (χ2n) is 6.01. The molecule has 0 radical (unpaired) electrons. The lowest BCUT2D eigenvalue weighted by atomic mass is 10.1. The van der Waals surface area contributed by atoms with Gasteiger partial charge in [-0.25, -0.2) is 0 Å². The topological polar surface area (TPSA) is 84.5 Å². The molecule has 2 amide bonds. The maximum Gasteiger partial charge on any atom is 0.306 e. The van der Waals surface area contributed by atoms with E-state index in [1.807, 2.05) is 26.0 Å². The number of carbonyl (C=O) groups is 3. The summed E-state index contributed by atoms with van der Waals surface area (Å²) in [6, 6.07) is 12.2. The van der Waals surface area contributed by atoms with Crippen molar-refractivity contribution in [3.05, 3.63) is 58.6 Å². The van der Waals surface area contributed by atoms with Crippen molar-refractivity contribution < 1.29 is 19.1 Å². The molecule has 0 unspecified atom stereocenters. The van der Waals surface area contributed by atoms with Crippen molar-refractivity contribution in [2.45, 2.75) is 26.7 Å². The number of hydrogen-bond donors (Lipinski definition) is 2. The first-order chi connectivity index (χ1) is 12.8. The molecule has 0 spiro atoms. The summed E-state index contributed by atoms with van der Waals surface area (Å²) in [5, 5.41) is 5.92. The molecule has 0 aromatic heterocycles. The Bertz CT molecular complexity index is 834. The number of halogens is 1. The summed E-state index contributed by atoms with van der Waals surface area (Å²) in [5.41, 5.74) is 3.27. The van der Waals surface area contributed by atoms with Crippen molar-refractivity contribution in [3.63, 3.8) is 0 Å². The largest absolute Gasteiger partial charge is 0.456 e. The quantitative estimate of drug-likeness (QED) is 0.705. The van der Waals surface area contributed by atoms with Gasteiger partial charge in [-0.1, -0.05) is 23.7 Å². The number of rotatable bonds is 7. The van der Waals surface area contributed by atoms with Crippen LogP contribution in [-0.2, 0) is 19.1 Å². The number of aryl methyl sites for hydroxylation is 1. The van der Waals surface area contributed by atoms with Crippen molar-refractivity contribution >= 4 is 40.8 Å². The molecule has 2 N–H and O–H groups in total. The number of hydrogen-bond acceptors (Lipinski definition) is 4. The minimum absolute atomic E-state index is 0.0416. The van der Waals surface area contributed by atoms with E-state index in [0.29, 0.717) is 16.4 Å². The highest BCUT2D eigenvalue weighted by Crippen LogP contribution is 2.17. The van der Waals surface area contributed by atoms with Gasteiger partial charge in [-0.2, -0.15) is 0 Å². The third kappa shape index (κ3) is 6.75. The Hall–Kier alpha value is -2.86. The number of nitrogens with one attached hydrogen (secondary N) is 2. The van der Waals surface area contributed by atoms with E-state index in [-0.39, 0.29) is 18.7 Å². The smallest absolute Gasteiger partial charge is 0.306 e. The number of ether oxygens (including phenoxy) is 1. The Morgan fingerprint density at radius 1 is 0.926 bits per heavy atom. The van der Waals surface area contributed by atoms with E-state index in [0.717, 1.165) is 11.1 Å². The summed E-state index contributed by atoms with van der Waals surface area (Å²) in [6.07, 6.45) is -0.157. The number of carbonyl (C=O) groups excluding carboxylic acids is 3. The highest BCUT2D eigenvalue weighted by atomic mass is 35.5. The molecule has 0 saturated carbocycles. The lowest BCUT2D eigenvalue weighted by Gasteiger charge is -2.10. The normalized spacial score (nSPS) is 10.2. The van der Waals surface area contributed by atoms with Crippen LogP contribution in [-0.4, -0.2) is 24.4 Å². The summed E-state index contributed by atoms with van der Waals surface area (Å²) in [4.78, 5) is 35.5. The van der Waals surface area contributed by atoms with Crippen molar-refractivity contribution in [2.75, 3.05) is 17.2 Å². The van der Waals surface area contributed by atoms with Crippen molar-refractivity contribution in [1.29, 1.82) is 0 Å². The van der Waals surface area contributed by atoms with Crippen LogP contribution in [0.15, 0.2) is 42.5 Å². The SMILES string of the molecule is Cc1cccc(NC(=O)COC(=O)CCC(=O)Nc2ccc(Cl)cc2)c1C. The van der Waals surface area contributed by atoms with Gasteiger partial charge in [-0.15, -0.1) is 0 Å². The van der Waals surface area contributed by atoms with Gasteiger partial charge in [0.05, 0.1) is 6.42 Å². The van der Waals surface area contributed by atoms with Gasteiger partial charge in [0.2, 0.25) is 5.91 Å². The van der Waals surface area contributed by atoms with Crippen LogP contribution in [0.1, 0.15) is 24.0 Å². The zero-order chi connectivity index (χ0) is 19.8. The summed E-state index contributed by atoms with van der Waals surface area (Å²) >= 11 is 5.77. The Labute approximate surface area is 162 Å². The van der Waals surface area contributed by atoms with Crippen LogP contribution in [0.25, 0.3) is 0 Å². The number of esters is 1. The van der Waals surface area contributed by atoms with Gasteiger partial charge < -0.3 is 15.4 Å². The highest BCUT2D eigenvalue weighted by molar-refractivity contribution is 6.30. The van der Waals surface area contributed by atoms with E-state index < -0.39 is 18.5 Å². The predicted molar refractivity (Wildman–Crippen MR) is 105 cm³/mol. The number of amides is 2. The minimum atomic E-state index is -0.614. The second-order valence-corrected chi connectivity index (χ2v) is 6.45. The monoisotopic (exact) mass is 388 g/mol. The zero-order valence-corrected chi connectivity index (χ0v) is 15.9. The maximum atomic E-state index is 11.9. The summed E-state index contributed by atoms with van der Waals surface area (Å²) < 4.78 is 4.91. The molecule has 2 aromatic carbocycles. The van der Waals surface area contributed by atoms with Crippen molar-refractivity contribution in [3.8, 4) is 0 Å². The van der Waals surface area contributed by atoms with Crippen molar-refractivity contribution in [1.82, 2.24) is 0 Å². The van der Waals surface area contributed by atoms with E-state index in [1.165, 1.54) is 0 Å². The number of anilines is 2. The van der Waals surface area contributed by atoms with Gasteiger partial charge >= 0.3 is 5.97 Å². The van der Waals surface area contributed by atoms with Gasteiger partial charge in [0.15, 0.2) is 6.61 Å². The first-order valence-electron chi connectivity index (χ1n) is 8.42. The third-order valence-corrected chi connectivity index (χ3v) is 4.18. The Morgan fingerprint density at radius 2 is 1.63 bits per heavy atom. The van der Waals surface area contributed by atoms with Crippen LogP contribution in [0.3, 0.4) is 0 Å². The Morgan fingerprint density at radius 3 is 2.33 bits per heavy atom. The molecule has 7 heteroatoms. The second kappa shape index (κ2) is 9.73. The lowest BCUT2D eigenvalue weighted by Crippen LogP contribution is -2.22. The van der Waals surface area contributed by atoms with E-state index in [2.05, 4.69) is 10.6 Å². The summed E-state index contributed by atoms with van der Waals surface area (Å²) in [7, 11) is 0. The standard InChI is InChI=1S/C20H21ClN2O4/c1-13-4-3-5-17(14(13)2)23-19(25)12-27-20(26)11-10-18(24)22-16-8-6-15(21)7-9-16/h3-9H,10-12H2,1-2H3,(H,22,24)(H,23,25). The Kier molecular flexibility index (Phi) is 7.37. The van der Waals surface area contributed by atoms with Gasteiger partial charge in [0, 0.05) is 22.8 Å². The fourth-order valence-electron chi connectivity index (χ4n) is 2.26. The fraction of sp³-hybridized carbons (Fsp3) is 0.250. The minimum Gasteiger partial charge on any atom is -0.456 e. The Balaban J connectivity index is 1.70. The van der Waals surface area contributed by atoms with Gasteiger partial charge in [0.1, 0.15) is 0 Å². The van der Waals surface area contributed by atoms with Gasteiger partial charge in [0.25, 0.3) is 5.91 Å². The summed E-state index contributed by atoms with van der Waals surface area (Å²) in [5.74, 6) is -1.37. The first-order valence-corrected chi connectivity index (χ1v) is 8.80. The van der Waals surface area contributed by atoms with Crippen LogP contribution in [0, 0.1) is 13.8 Å². The summed E-state index contributed by atoms with van der Waals surface area (Å²) in [6.45, 7) is 3.45. The molecule has 0 fully saturated rings. The molecule has 6 nitrogen and oxygen atoms in total. The van der Waals surface area contributed by atoms with Crippen LogP contribution < -0.4 is 10.6 Å². The van der Waals surface area contributed by atoms with E-state index in [4.69, 9.17) is 16.3 Å². The van der Waals surface area contributed by atoms with Crippen LogP contribution >= 0.6 is 11.6 Å². The molecule has 0 aliphatic carbocycles. The first kappa shape index (κ1) is 20.5. The molecule has 2 aromatic rings. The molecule has 0 heterocycles. The average molecular weight is 389 g/mol. The molecule has 2 rings (SSSR count). The third-order valence-electron chi connectivity index (χ3n) is 3.93. The highest BCUT2D eigenvalue weighted by Gasteiger charge is 2.12. The van der Waals surface area contributed by atoms with Crippen LogP contribution in [0.5, 0.6) is 0 Å². The molecule has 142 valence electrons. The zero-order valence-electron chi connectivity index (χ0n) is 15.2. The van der Waals surface area contributed by atoms with Gasteiger partial charge in [-0.3, -0.25) is 14.4 Å². The average Bonchev–Trinajstić information content (AvgIpc) is 2.64. The molecule has 0 aliphatic heterocycles. The molecule has 0 aliphatic rings. The molecule has 0 bridgehead atoms. The van der Waals surface area contributed by atoms with Gasteiger partial charge in [-0.05, 0) is 55.3 Å². The number of benzene rings is 2. The molecular weight excluding hydrogens is 368 g/mol. The molecule has 0 atom stereocenters. The van der Waals surface area contributed by atoms with E-state index in [1.54, 1.807) is 30.3 Å². The lowest BCUT2D eigenvalue weighted by molar-refractivity contribution is -0.147. The molecular formula is C20H21ClN2O4. The maximum absolute atomic E-state index is 11.9. The van der Waals surface area contributed by atoms with Crippen LogP contribution in [0.2, 0.25) is 5.02 Å². The van der Waals surface area contributed by atoms with Crippen molar-refractivity contribution in [2.24, 2.45) is 0 Å². The van der Waals surface area contributed by atoms with E-state index >= 15 is 0 Å². The fourth-order valence-corrected chi connectivity index (χ4v) is 2.39.